The molecule has 1 aromatic rings. The minimum Gasteiger partial charge on any atom is -0.387 e. The average Bonchev–Trinajstić information content (AvgIpc) is 2.61. The first-order chi connectivity index (χ1) is 11.2. The Hall–Kier alpha value is -1.87. The Labute approximate surface area is 139 Å². The van der Waals surface area contributed by atoms with E-state index in [4.69, 9.17) is 0 Å². The summed E-state index contributed by atoms with van der Waals surface area (Å²) < 4.78 is 0. The molecule has 1 aliphatic rings. The van der Waals surface area contributed by atoms with Crippen LogP contribution >= 0.6 is 0 Å². The molecule has 23 heavy (non-hydrogen) atoms. The highest BCUT2D eigenvalue weighted by Crippen LogP contribution is 2.25. The van der Waals surface area contributed by atoms with Crippen molar-refractivity contribution in [1.29, 1.82) is 0 Å². The highest BCUT2D eigenvalue weighted by molar-refractivity contribution is 5.88. The monoisotopic (exact) mass is 313 g/mol. The van der Waals surface area contributed by atoms with Crippen molar-refractivity contribution in [3.8, 4) is 0 Å². The molecule has 3 nitrogen and oxygen atoms in total. The number of allylic oxidation sites excluding steroid dienone is 3. The topological polar surface area (TPSA) is 40.5 Å². The second kappa shape index (κ2) is 9.31. The molecule has 124 valence electrons. The summed E-state index contributed by atoms with van der Waals surface area (Å²) in [7, 11) is 0. The second-order valence-corrected chi connectivity index (χ2v) is 6.09. The maximum absolute atomic E-state index is 12.6. The van der Waals surface area contributed by atoms with E-state index in [1.165, 1.54) is 6.42 Å². The average molecular weight is 313 g/mol. The minimum absolute atomic E-state index is 0.00928. The first-order valence-corrected chi connectivity index (χ1v) is 8.55. The fraction of sp³-hybridized carbons (Fsp3) is 0.450. The van der Waals surface area contributed by atoms with Crippen molar-refractivity contribution in [1.82, 2.24) is 4.90 Å². The molecule has 0 heterocycles. The van der Waals surface area contributed by atoms with Gasteiger partial charge < -0.3 is 10.0 Å². The van der Waals surface area contributed by atoms with Crippen LogP contribution in [0.3, 0.4) is 0 Å². The SMILES string of the molecule is CC=CC=CC(=O)N(CC(O)c1ccccc1)C1CCCCC1. The standard InChI is InChI=1S/C20H27NO2/c1-2-3-6-15-20(23)21(18-13-9-5-10-14-18)16-19(22)17-11-7-4-8-12-17/h2-4,6-8,11-12,15,18-19,22H,5,9-10,13-14,16H2,1H3. The van der Waals surface area contributed by atoms with Crippen LogP contribution in [0.25, 0.3) is 0 Å². The van der Waals surface area contributed by atoms with Crippen LogP contribution in [0.2, 0.25) is 0 Å². The Balaban J connectivity index is 2.10. The fourth-order valence-corrected chi connectivity index (χ4v) is 3.12. The molecule has 1 amide bonds. The Morgan fingerprint density at radius 1 is 1.22 bits per heavy atom. The van der Waals surface area contributed by atoms with Crippen LogP contribution in [-0.2, 0) is 4.79 Å². The van der Waals surface area contributed by atoms with E-state index >= 15 is 0 Å². The zero-order valence-corrected chi connectivity index (χ0v) is 13.9. The van der Waals surface area contributed by atoms with Crippen LogP contribution in [0.15, 0.2) is 54.6 Å². The summed E-state index contributed by atoms with van der Waals surface area (Å²) in [5.41, 5.74) is 0.860. The predicted molar refractivity (Wildman–Crippen MR) is 93.9 cm³/mol. The zero-order chi connectivity index (χ0) is 16.5. The largest absolute Gasteiger partial charge is 0.387 e. The Morgan fingerprint density at radius 3 is 2.57 bits per heavy atom. The number of nitrogens with zero attached hydrogens (tertiary/aromatic N) is 1. The molecule has 1 fully saturated rings. The van der Waals surface area contributed by atoms with Crippen molar-refractivity contribution in [2.24, 2.45) is 0 Å². The van der Waals surface area contributed by atoms with Gasteiger partial charge in [-0.2, -0.15) is 0 Å². The van der Waals surface area contributed by atoms with Crippen LogP contribution in [0, 0.1) is 0 Å². The van der Waals surface area contributed by atoms with Crippen molar-refractivity contribution in [3.63, 3.8) is 0 Å². The molecule has 3 heteroatoms. The van der Waals surface area contributed by atoms with Crippen LogP contribution in [-0.4, -0.2) is 28.5 Å². The molecule has 0 bridgehead atoms. The third-order valence-corrected chi connectivity index (χ3v) is 4.39. The van der Waals surface area contributed by atoms with Crippen molar-refractivity contribution in [2.45, 2.75) is 51.2 Å². The Kier molecular flexibility index (Phi) is 7.08. The summed E-state index contributed by atoms with van der Waals surface area (Å²) in [5, 5.41) is 10.5. The first-order valence-electron chi connectivity index (χ1n) is 8.55. The summed E-state index contributed by atoms with van der Waals surface area (Å²) in [6, 6.07) is 9.81. The normalized spacial score (nSPS) is 17.7. The maximum Gasteiger partial charge on any atom is 0.246 e. The fourth-order valence-electron chi connectivity index (χ4n) is 3.12. The first kappa shape index (κ1) is 17.5. The van der Waals surface area contributed by atoms with Gasteiger partial charge in [0, 0.05) is 12.1 Å². The molecule has 1 aliphatic carbocycles. The van der Waals surface area contributed by atoms with E-state index in [1.54, 1.807) is 12.2 Å². The van der Waals surface area contributed by atoms with Crippen molar-refractivity contribution >= 4 is 5.91 Å². The lowest BCUT2D eigenvalue weighted by Gasteiger charge is -2.35. The van der Waals surface area contributed by atoms with Crippen molar-refractivity contribution in [3.05, 3.63) is 60.2 Å². The molecule has 0 saturated heterocycles. The number of amides is 1. The third-order valence-electron chi connectivity index (χ3n) is 4.39. The highest BCUT2D eigenvalue weighted by Gasteiger charge is 2.26. The molecule has 2 rings (SSSR count). The number of aliphatic hydroxyl groups is 1. The predicted octanol–water partition coefficient (Wildman–Crippen LogP) is 4.01. The lowest BCUT2D eigenvalue weighted by atomic mass is 9.93. The van der Waals surface area contributed by atoms with Gasteiger partial charge in [-0.1, -0.05) is 67.8 Å². The summed E-state index contributed by atoms with van der Waals surface area (Å²) in [6.45, 7) is 2.28. The number of aliphatic hydroxyl groups excluding tert-OH is 1. The summed E-state index contributed by atoms with van der Waals surface area (Å²) in [4.78, 5) is 14.4. The van der Waals surface area contributed by atoms with Gasteiger partial charge in [-0.25, -0.2) is 0 Å². The molecular weight excluding hydrogens is 286 g/mol. The van der Waals surface area contributed by atoms with Gasteiger partial charge in [0.05, 0.1) is 12.6 Å². The van der Waals surface area contributed by atoms with Gasteiger partial charge in [-0.15, -0.1) is 0 Å². The van der Waals surface area contributed by atoms with E-state index < -0.39 is 6.10 Å². The van der Waals surface area contributed by atoms with Gasteiger partial charge in [0.1, 0.15) is 0 Å². The molecule has 1 unspecified atom stereocenters. The number of hydrogen-bond acceptors (Lipinski definition) is 2. The van der Waals surface area contributed by atoms with E-state index in [9.17, 15) is 9.90 Å². The number of rotatable bonds is 6. The van der Waals surface area contributed by atoms with E-state index in [0.29, 0.717) is 6.54 Å². The van der Waals surface area contributed by atoms with Crippen LogP contribution in [0.5, 0.6) is 0 Å². The molecule has 0 aromatic heterocycles. The molecule has 0 aliphatic heterocycles. The van der Waals surface area contributed by atoms with Gasteiger partial charge in [0.25, 0.3) is 0 Å². The number of carbonyl (C=O) groups is 1. The molecule has 0 radical (unpaired) electrons. The second-order valence-electron chi connectivity index (χ2n) is 6.09. The molecule has 1 aromatic carbocycles. The van der Waals surface area contributed by atoms with Crippen molar-refractivity contribution in [2.75, 3.05) is 6.54 Å². The third kappa shape index (κ3) is 5.36. The van der Waals surface area contributed by atoms with Gasteiger partial charge in [0.2, 0.25) is 5.91 Å². The van der Waals surface area contributed by atoms with E-state index in [1.807, 2.05) is 54.3 Å². The zero-order valence-electron chi connectivity index (χ0n) is 13.9. The molecule has 1 saturated carbocycles. The van der Waals surface area contributed by atoms with E-state index in [2.05, 4.69) is 0 Å². The van der Waals surface area contributed by atoms with Crippen LogP contribution in [0.1, 0.15) is 50.7 Å². The van der Waals surface area contributed by atoms with E-state index in [-0.39, 0.29) is 11.9 Å². The van der Waals surface area contributed by atoms with Gasteiger partial charge in [-0.3, -0.25) is 4.79 Å². The Morgan fingerprint density at radius 2 is 1.91 bits per heavy atom. The van der Waals surface area contributed by atoms with Crippen LogP contribution in [0.4, 0.5) is 0 Å². The maximum atomic E-state index is 12.6. The number of hydrogen-bond donors (Lipinski definition) is 1. The van der Waals surface area contributed by atoms with Crippen LogP contribution < -0.4 is 0 Å². The van der Waals surface area contributed by atoms with Gasteiger partial charge in [-0.05, 0) is 25.3 Å². The molecule has 1 N–H and O–H groups in total. The minimum atomic E-state index is -0.641. The van der Waals surface area contributed by atoms with Gasteiger partial charge in [0.15, 0.2) is 0 Å². The summed E-state index contributed by atoms with van der Waals surface area (Å²) in [6.07, 6.45) is 12.1. The van der Waals surface area contributed by atoms with Crippen molar-refractivity contribution < 1.29 is 9.90 Å². The lowest BCUT2D eigenvalue weighted by molar-refractivity contribution is -0.130. The number of benzene rings is 1. The highest BCUT2D eigenvalue weighted by atomic mass is 16.3. The quantitative estimate of drug-likeness (QED) is 0.636. The molecular formula is C20H27NO2. The van der Waals surface area contributed by atoms with E-state index in [0.717, 1.165) is 31.2 Å². The lowest BCUT2D eigenvalue weighted by Crippen LogP contribution is -2.43. The Bertz CT molecular complexity index is 530. The summed E-state index contributed by atoms with van der Waals surface area (Å²) in [5.74, 6) is -0.00928. The number of carbonyl (C=O) groups excluding carboxylic acids is 1. The molecule has 0 spiro atoms. The molecule has 1 atom stereocenters. The summed E-state index contributed by atoms with van der Waals surface area (Å²) >= 11 is 0. The van der Waals surface area contributed by atoms with Gasteiger partial charge >= 0.3 is 0 Å². The smallest absolute Gasteiger partial charge is 0.246 e.